The maximum atomic E-state index is 6.06. The molecular weight excluding hydrogens is 218 g/mol. The van der Waals surface area contributed by atoms with Gasteiger partial charge in [-0.3, -0.25) is 0 Å². The fraction of sp³-hybridized carbons (Fsp3) is 0.833. The fourth-order valence-electron chi connectivity index (χ4n) is 1.45. The SMILES string of the molecule is CCOC(CC)c1noc(C(N)C(C)(C)C)n1. The molecule has 0 bridgehead atoms. The average molecular weight is 241 g/mol. The molecule has 5 nitrogen and oxygen atoms in total. The molecule has 0 amide bonds. The molecule has 5 heteroatoms. The van der Waals surface area contributed by atoms with Gasteiger partial charge in [0.1, 0.15) is 6.10 Å². The summed E-state index contributed by atoms with van der Waals surface area (Å²) >= 11 is 0. The van der Waals surface area contributed by atoms with Crippen LogP contribution in [-0.4, -0.2) is 16.7 Å². The number of hydrogen-bond donors (Lipinski definition) is 1. The molecule has 1 aromatic rings. The first-order valence-electron chi connectivity index (χ1n) is 6.10. The highest BCUT2D eigenvalue weighted by Crippen LogP contribution is 2.30. The molecule has 0 spiro atoms. The summed E-state index contributed by atoms with van der Waals surface area (Å²) in [6, 6.07) is -0.261. The molecular formula is C12H23N3O2. The first-order valence-corrected chi connectivity index (χ1v) is 6.10. The normalized spacial score (nSPS) is 15.9. The number of aromatic nitrogens is 2. The Labute approximate surface area is 103 Å². The van der Waals surface area contributed by atoms with Gasteiger partial charge in [0.25, 0.3) is 0 Å². The van der Waals surface area contributed by atoms with Crippen molar-refractivity contribution in [2.24, 2.45) is 11.1 Å². The molecule has 0 saturated carbocycles. The zero-order chi connectivity index (χ0) is 13.1. The maximum Gasteiger partial charge on any atom is 0.244 e. The Morgan fingerprint density at radius 3 is 2.47 bits per heavy atom. The van der Waals surface area contributed by atoms with Crippen LogP contribution in [0, 0.1) is 5.41 Å². The Morgan fingerprint density at radius 2 is 2.00 bits per heavy atom. The second-order valence-electron chi connectivity index (χ2n) is 5.19. The minimum Gasteiger partial charge on any atom is -0.370 e. The second kappa shape index (κ2) is 5.60. The molecule has 0 fully saturated rings. The molecule has 2 unspecified atom stereocenters. The Kier molecular flexibility index (Phi) is 4.65. The smallest absolute Gasteiger partial charge is 0.244 e. The molecule has 0 aliphatic carbocycles. The van der Waals surface area contributed by atoms with Gasteiger partial charge in [-0.1, -0.05) is 32.9 Å². The second-order valence-corrected chi connectivity index (χ2v) is 5.19. The quantitative estimate of drug-likeness (QED) is 0.857. The minimum atomic E-state index is -0.261. The summed E-state index contributed by atoms with van der Waals surface area (Å²) in [7, 11) is 0. The molecule has 0 radical (unpaired) electrons. The summed E-state index contributed by atoms with van der Waals surface area (Å²) in [5, 5.41) is 3.95. The Bertz CT molecular complexity index is 344. The topological polar surface area (TPSA) is 74.2 Å². The molecule has 0 aromatic carbocycles. The van der Waals surface area contributed by atoms with Crippen LogP contribution >= 0.6 is 0 Å². The summed E-state index contributed by atoms with van der Waals surface area (Å²) in [4.78, 5) is 4.34. The van der Waals surface area contributed by atoms with E-state index in [1.807, 2.05) is 34.6 Å². The lowest BCUT2D eigenvalue weighted by Crippen LogP contribution is -2.26. The molecule has 1 heterocycles. The molecule has 2 N–H and O–H groups in total. The van der Waals surface area contributed by atoms with Crippen molar-refractivity contribution in [1.29, 1.82) is 0 Å². The fourth-order valence-corrected chi connectivity index (χ4v) is 1.45. The highest BCUT2D eigenvalue weighted by Gasteiger charge is 2.28. The molecule has 0 aliphatic rings. The van der Waals surface area contributed by atoms with Crippen LogP contribution in [-0.2, 0) is 4.74 Å². The van der Waals surface area contributed by atoms with Crippen LogP contribution in [0.4, 0.5) is 0 Å². The lowest BCUT2D eigenvalue weighted by Gasteiger charge is -2.23. The summed E-state index contributed by atoms with van der Waals surface area (Å²) in [6.45, 7) is 10.7. The molecule has 0 saturated heterocycles. The number of rotatable bonds is 5. The predicted octanol–water partition coefficient (Wildman–Crippen LogP) is 2.60. The van der Waals surface area contributed by atoms with Gasteiger partial charge in [0.15, 0.2) is 0 Å². The Morgan fingerprint density at radius 1 is 1.35 bits per heavy atom. The van der Waals surface area contributed by atoms with Crippen molar-refractivity contribution in [3.8, 4) is 0 Å². The summed E-state index contributed by atoms with van der Waals surface area (Å²) in [5.41, 5.74) is 5.96. The van der Waals surface area contributed by atoms with Crippen molar-refractivity contribution in [3.63, 3.8) is 0 Å². The number of ether oxygens (including phenoxy) is 1. The average Bonchev–Trinajstić information content (AvgIpc) is 2.72. The zero-order valence-corrected chi connectivity index (χ0v) is 11.4. The van der Waals surface area contributed by atoms with E-state index in [1.165, 1.54) is 0 Å². The third kappa shape index (κ3) is 3.51. The van der Waals surface area contributed by atoms with Gasteiger partial charge in [0, 0.05) is 6.61 Å². The lowest BCUT2D eigenvalue weighted by molar-refractivity contribution is 0.0518. The van der Waals surface area contributed by atoms with Crippen molar-refractivity contribution < 1.29 is 9.26 Å². The van der Waals surface area contributed by atoms with E-state index < -0.39 is 0 Å². The Balaban J connectivity index is 2.83. The zero-order valence-electron chi connectivity index (χ0n) is 11.4. The van der Waals surface area contributed by atoms with E-state index in [9.17, 15) is 0 Å². The van der Waals surface area contributed by atoms with Gasteiger partial charge in [-0.05, 0) is 18.8 Å². The van der Waals surface area contributed by atoms with Gasteiger partial charge in [-0.2, -0.15) is 4.98 Å². The van der Waals surface area contributed by atoms with Crippen molar-refractivity contribution in [2.45, 2.75) is 53.2 Å². The third-order valence-electron chi connectivity index (χ3n) is 2.68. The van der Waals surface area contributed by atoms with Gasteiger partial charge in [0.2, 0.25) is 11.7 Å². The Hall–Kier alpha value is -0.940. The summed E-state index contributed by atoms with van der Waals surface area (Å²) < 4.78 is 10.7. The number of nitrogens with zero attached hydrogens (tertiary/aromatic N) is 2. The van der Waals surface area contributed by atoms with Crippen LogP contribution in [0.3, 0.4) is 0 Å². The first-order chi connectivity index (χ1) is 7.90. The molecule has 2 atom stereocenters. The van der Waals surface area contributed by atoms with Gasteiger partial charge >= 0.3 is 0 Å². The molecule has 1 aromatic heterocycles. The van der Waals surface area contributed by atoms with Crippen molar-refractivity contribution in [3.05, 3.63) is 11.7 Å². The number of hydrogen-bond acceptors (Lipinski definition) is 5. The molecule has 0 aliphatic heterocycles. The molecule has 98 valence electrons. The van der Waals surface area contributed by atoms with Crippen LogP contribution in [0.5, 0.6) is 0 Å². The third-order valence-corrected chi connectivity index (χ3v) is 2.68. The van der Waals surface area contributed by atoms with Gasteiger partial charge in [-0.15, -0.1) is 0 Å². The van der Waals surface area contributed by atoms with E-state index in [2.05, 4.69) is 10.1 Å². The van der Waals surface area contributed by atoms with Crippen LogP contribution < -0.4 is 5.73 Å². The van der Waals surface area contributed by atoms with E-state index in [4.69, 9.17) is 15.0 Å². The van der Waals surface area contributed by atoms with E-state index in [1.54, 1.807) is 0 Å². The standard InChI is InChI=1S/C12H23N3O2/c1-6-8(16-7-2)10-14-11(17-15-10)9(13)12(3,4)5/h8-9H,6-7,13H2,1-5H3. The highest BCUT2D eigenvalue weighted by atomic mass is 16.5. The van der Waals surface area contributed by atoms with Crippen LogP contribution in [0.25, 0.3) is 0 Å². The largest absolute Gasteiger partial charge is 0.370 e. The van der Waals surface area contributed by atoms with Crippen molar-refractivity contribution >= 4 is 0 Å². The van der Waals surface area contributed by atoms with E-state index in [0.717, 1.165) is 6.42 Å². The summed E-state index contributed by atoms with van der Waals surface area (Å²) in [6.07, 6.45) is 0.710. The number of nitrogens with two attached hydrogens (primary N) is 1. The van der Waals surface area contributed by atoms with Crippen molar-refractivity contribution in [1.82, 2.24) is 10.1 Å². The van der Waals surface area contributed by atoms with E-state index in [0.29, 0.717) is 18.3 Å². The van der Waals surface area contributed by atoms with Gasteiger partial charge in [-0.25, -0.2) is 0 Å². The summed E-state index contributed by atoms with van der Waals surface area (Å²) in [5.74, 6) is 1.06. The minimum absolute atomic E-state index is 0.100. The lowest BCUT2D eigenvalue weighted by atomic mass is 9.87. The van der Waals surface area contributed by atoms with E-state index in [-0.39, 0.29) is 17.6 Å². The van der Waals surface area contributed by atoms with Crippen molar-refractivity contribution in [2.75, 3.05) is 6.61 Å². The van der Waals surface area contributed by atoms with Gasteiger partial charge in [0.05, 0.1) is 6.04 Å². The van der Waals surface area contributed by atoms with E-state index >= 15 is 0 Å². The highest BCUT2D eigenvalue weighted by molar-refractivity contribution is 4.98. The van der Waals surface area contributed by atoms with Crippen LogP contribution in [0.1, 0.15) is 64.9 Å². The van der Waals surface area contributed by atoms with Crippen LogP contribution in [0.2, 0.25) is 0 Å². The first kappa shape index (κ1) is 14.1. The van der Waals surface area contributed by atoms with Gasteiger partial charge < -0.3 is 15.0 Å². The van der Waals surface area contributed by atoms with Crippen LogP contribution in [0.15, 0.2) is 4.52 Å². The maximum absolute atomic E-state index is 6.06. The molecule has 17 heavy (non-hydrogen) atoms. The monoisotopic (exact) mass is 241 g/mol. The predicted molar refractivity (Wildman–Crippen MR) is 65.3 cm³/mol. The molecule has 1 rings (SSSR count).